The minimum Gasteiger partial charge on any atom is -0.399 e. The molecule has 0 fully saturated rings. The Labute approximate surface area is 117 Å². The molecule has 0 saturated carbocycles. The first-order chi connectivity index (χ1) is 9.61. The van der Waals surface area contributed by atoms with Gasteiger partial charge in [0.1, 0.15) is 18.2 Å². The number of benzene rings is 1. The van der Waals surface area contributed by atoms with E-state index in [4.69, 9.17) is 5.73 Å². The Morgan fingerprint density at radius 2 is 2.20 bits per heavy atom. The van der Waals surface area contributed by atoms with E-state index in [0.29, 0.717) is 18.1 Å². The van der Waals surface area contributed by atoms with Crippen molar-refractivity contribution in [3.05, 3.63) is 24.5 Å². The van der Waals surface area contributed by atoms with Gasteiger partial charge in [0.2, 0.25) is 5.91 Å². The predicted molar refractivity (Wildman–Crippen MR) is 80.3 cm³/mol. The van der Waals surface area contributed by atoms with Crippen LogP contribution >= 0.6 is 0 Å². The summed E-state index contributed by atoms with van der Waals surface area (Å²) in [6, 6.07) is 5.06. The highest BCUT2D eigenvalue weighted by atomic mass is 16.2. The fourth-order valence-electron chi connectivity index (χ4n) is 1.86. The number of nitrogens with two attached hydrogens (primary N) is 1. The highest BCUT2D eigenvalue weighted by Gasteiger charge is 2.14. The standard InChI is InChI=1S/C14H19N5O/c1-3-6-16-14(20)9(2)19-13-11-5-4-10(15)7-12(11)17-8-18-13/h4-5,7-9H,3,6,15H2,1-2H3,(H,16,20)(H,17,18,19). The second-order valence-corrected chi connectivity index (χ2v) is 4.66. The molecule has 1 aromatic carbocycles. The molecule has 2 aromatic rings. The van der Waals surface area contributed by atoms with E-state index in [1.807, 2.05) is 13.0 Å². The second kappa shape index (κ2) is 6.18. The third-order valence-electron chi connectivity index (χ3n) is 2.96. The van der Waals surface area contributed by atoms with Gasteiger partial charge in [-0.2, -0.15) is 0 Å². The fourth-order valence-corrected chi connectivity index (χ4v) is 1.86. The van der Waals surface area contributed by atoms with Gasteiger partial charge in [0, 0.05) is 17.6 Å². The maximum atomic E-state index is 11.9. The number of nitrogens with one attached hydrogen (secondary N) is 2. The molecule has 1 unspecified atom stereocenters. The third-order valence-corrected chi connectivity index (χ3v) is 2.96. The van der Waals surface area contributed by atoms with Crippen LogP contribution in [0, 0.1) is 0 Å². The number of nitrogen functional groups attached to an aromatic ring is 1. The van der Waals surface area contributed by atoms with Crippen LogP contribution in [0.2, 0.25) is 0 Å². The molecule has 0 radical (unpaired) electrons. The summed E-state index contributed by atoms with van der Waals surface area (Å²) in [5, 5.41) is 6.80. The van der Waals surface area contributed by atoms with Gasteiger partial charge in [0.05, 0.1) is 5.52 Å². The number of carbonyl (C=O) groups is 1. The van der Waals surface area contributed by atoms with Gasteiger partial charge < -0.3 is 16.4 Å². The Kier molecular flexibility index (Phi) is 4.34. The zero-order valence-electron chi connectivity index (χ0n) is 11.7. The smallest absolute Gasteiger partial charge is 0.242 e. The number of hydrogen-bond acceptors (Lipinski definition) is 5. The Hall–Kier alpha value is -2.37. The molecule has 0 aliphatic heterocycles. The molecule has 2 rings (SSSR count). The Morgan fingerprint density at radius 3 is 2.95 bits per heavy atom. The van der Waals surface area contributed by atoms with Crippen molar-refractivity contribution in [1.82, 2.24) is 15.3 Å². The molecular formula is C14H19N5O. The van der Waals surface area contributed by atoms with Gasteiger partial charge in [-0.1, -0.05) is 6.92 Å². The van der Waals surface area contributed by atoms with E-state index in [9.17, 15) is 4.79 Å². The van der Waals surface area contributed by atoms with E-state index in [2.05, 4.69) is 20.6 Å². The van der Waals surface area contributed by atoms with Crippen LogP contribution in [0.4, 0.5) is 11.5 Å². The predicted octanol–water partition coefficient (Wildman–Crippen LogP) is 1.54. The average molecular weight is 273 g/mol. The van der Waals surface area contributed by atoms with E-state index in [1.54, 1.807) is 19.1 Å². The van der Waals surface area contributed by atoms with Crippen LogP contribution in [0.3, 0.4) is 0 Å². The SMILES string of the molecule is CCCNC(=O)C(C)Nc1ncnc2cc(N)ccc12. The molecule has 20 heavy (non-hydrogen) atoms. The van der Waals surface area contributed by atoms with Gasteiger partial charge in [-0.05, 0) is 31.5 Å². The molecule has 1 atom stereocenters. The number of hydrogen-bond donors (Lipinski definition) is 3. The van der Waals surface area contributed by atoms with Crippen molar-refractivity contribution in [2.24, 2.45) is 0 Å². The van der Waals surface area contributed by atoms with Crippen molar-refractivity contribution < 1.29 is 4.79 Å². The van der Waals surface area contributed by atoms with E-state index in [-0.39, 0.29) is 11.9 Å². The number of nitrogens with zero attached hydrogens (tertiary/aromatic N) is 2. The summed E-state index contributed by atoms with van der Waals surface area (Å²) in [7, 11) is 0. The van der Waals surface area contributed by atoms with Crippen LogP contribution in [-0.2, 0) is 4.79 Å². The highest BCUT2D eigenvalue weighted by molar-refractivity contribution is 5.93. The molecule has 0 bridgehead atoms. The van der Waals surface area contributed by atoms with Crippen LogP contribution in [-0.4, -0.2) is 28.5 Å². The van der Waals surface area contributed by atoms with Crippen molar-refractivity contribution >= 4 is 28.3 Å². The number of anilines is 2. The molecule has 1 aromatic heterocycles. The Morgan fingerprint density at radius 1 is 1.40 bits per heavy atom. The van der Waals surface area contributed by atoms with Crippen LogP contribution < -0.4 is 16.4 Å². The molecule has 1 heterocycles. The van der Waals surface area contributed by atoms with Gasteiger partial charge in [-0.25, -0.2) is 9.97 Å². The largest absolute Gasteiger partial charge is 0.399 e. The molecule has 0 aliphatic rings. The summed E-state index contributed by atoms with van der Waals surface area (Å²) in [4.78, 5) is 20.2. The molecule has 0 spiro atoms. The summed E-state index contributed by atoms with van der Waals surface area (Å²) >= 11 is 0. The first-order valence-corrected chi connectivity index (χ1v) is 6.66. The van der Waals surface area contributed by atoms with E-state index in [0.717, 1.165) is 17.3 Å². The molecule has 4 N–H and O–H groups in total. The van der Waals surface area contributed by atoms with Gasteiger partial charge in [-0.3, -0.25) is 4.79 Å². The molecule has 6 nitrogen and oxygen atoms in total. The number of rotatable bonds is 5. The molecule has 0 saturated heterocycles. The monoisotopic (exact) mass is 273 g/mol. The molecular weight excluding hydrogens is 254 g/mol. The lowest BCUT2D eigenvalue weighted by Crippen LogP contribution is -2.38. The van der Waals surface area contributed by atoms with Gasteiger partial charge in [0.15, 0.2) is 0 Å². The quantitative estimate of drug-likeness (QED) is 0.718. The Bertz CT molecular complexity index is 614. The zero-order chi connectivity index (χ0) is 14.5. The number of fused-ring (bicyclic) bond motifs is 1. The van der Waals surface area contributed by atoms with Crippen LogP contribution in [0.15, 0.2) is 24.5 Å². The molecule has 1 amide bonds. The van der Waals surface area contributed by atoms with E-state index < -0.39 is 0 Å². The van der Waals surface area contributed by atoms with E-state index in [1.165, 1.54) is 6.33 Å². The maximum Gasteiger partial charge on any atom is 0.242 e. The third kappa shape index (κ3) is 3.14. The summed E-state index contributed by atoms with van der Waals surface area (Å²) < 4.78 is 0. The topological polar surface area (TPSA) is 92.9 Å². The van der Waals surface area contributed by atoms with Crippen molar-refractivity contribution in [3.8, 4) is 0 Å². The van der Waals surface area contributed by atoms with Crippen LogP contribution in [0.5, 0.6) is 0 Å². The zero-order valence-corrected chi connectivity index (χ0v) is 11.7. The van der Waals surface area contributed by atoms with Crippen molar-refractivity contribution in [2.45, 2.75) is 26.3 Å². The first-order valence-electron chi connectivity index (χ1n) is 6.66. The lowest BCUT2D eigenvalue weighted by Gasteiger charge is -2.15. The highest BCUT2D eigenvalue weighted by Crippen LogP contribution is 2.21. The molecule has 0 aliphatic carbocycles. The summed E-state index contributed by atoms with van der Waals surface area (Å²) in [5.41, 5.74) is 7.14. The minimum atomic E-state index is -0.364. The number of amides is 1. The summed E-state index contributed by atoms with van der Waals surface area (Å²) in [6.45, 7) is 4.49. The summed E-state index contributed by atoms with van der Waals surface area (Å²) in [6.07, 6.45) is 2.37. The molecule has 6 heteroatoms. The van der Waals surface area contributed by atoms with Gasteiger partial charge >= 0.3 is 0 Å². The second-order valence-electron chi connectivity index (χ2n) is 4.66. The Balaban J connectivity index is 2.19. The van der Waals surface area contributed by atoms with Crippen LogP contribution in [0.25, 0.3) is 10.9 Å². The normalized spacial score (nSPS) is 12.1. The summed E-state index contributed by atoms with van der Waals surface area (Å²) in [5.74, 6) is 0.586. The van der Waals surface area contributed by atoms with E-state index >= 15 is 0 Å². The number of carbonyl (C=O) groups excluding carboxylic acids is 1. The van der Waals surface area contributed by atoms with Crippen molar-refractivity contribution in [1.29, 1.82) is 0 Å². The minimum absolute atomic E-state index is 0.0472. The van der Waals surface area contributed by atoms with Gasteiger partial charge in [0.25, 0.3) is 0 Å². The van der Waals surface area contributed by atoms with Crippen LogP contribution in [0.1, 0.15) is 20.3 Å². The number of aromatic nitrogens is 2. The lowest BCUT2D eigenvalue weighted by molar-refractivity contribution is -0.121. The van der Waals surface area contributed by atoms with Gasteiger partial charge in [-0.15, -0.1) is 0 Å². The first kappa shape index (κ1) is 14.0. The van der Waals surface area contributed by atoms with Crippen molar-refractivity contribution in [3.63, 3.8) is 0 Å². The average Bonchev–Trinajstić information content (AvgIpc) is 2.44. The maximum absolute atomic E-state index is 11.9. The molecule has 106 valence electrons. The van der Waals surface area contributed by atoms with Crippen molar-refractivity contribution in [2.75, 3.05) is 17.6 Å². The fraction of sp³-hybridized carbons (Fsp3) is 0.357. The lowest BCUT2D eigenvalue weighted by atomic mass is 10.2.